The lowest BCUT2D eigenvalue weighted by Gasteiger charge is -2.32. The van der Waals surface area contributed by atoms with Gasteiger partial charge in [-0.2, -0.15) is 0 Å². The standard InChI is InChI=1S/C17H24N2O2/c1-17(2,3)21-16(20)19-10-4-5-12-11-14(8-9-15(12)19)18-13-6-7-13/h8-9,11,13,18H,4-7,10H2,1-3H3. The molecule has 1 saturated carbocycles. The van der Waals surface area contributed by atoms with Crippen molar-refractivity contribution in [3.8, 4) is 0 Å². The second-order valence-corrected chi connectivity index (χ2v) is 7.00. The van der Waals surface area contributed by atoms with E-state index < -0.39 is 5.60 Å². The zero-order valence-electron chi connectivity index (χ0n) is 13.1. The zero-order valence-corrected chi connectivity index (χ0v) is 13.1. The van der Waals surface area contributed by atoms with Crippen LogP contribution >= 0.6 is 0 Å². The van der Waals surface area contributed by atoms with Crippen molar-refractivity contribution in [2.24, 2.45) is 0 Å². The summed E-state index contributed by atoms with van der Waals surface area (Å²) >= 11 is 0. The molecule has 1 N–H and O–H groups in total. The summed E-state index contributed by atoms with van der Waals surface area (Å²) in [6.45, 7) is 6.44. The van der Waals surface area contributed by atoms with Crippen molar-refractivity contribution in [3.05, 3.63) is 23.8 Å². The number of ether oxygens (including phenoxy) is 1. The van der Waals surface area contributed by atoms with Crippen LogP contribution in [-0.2, 0) is 11.2 Å². The third-order valence-electron chi connectivity index (χ3n) is 3.76. The van der Waals surface area contributed by atoms with Crippen LogP contribution in [-0.4, -0.2) is 24.3 Å². The summed E-state index contributed by atoms with van der Waals surface area (Å²) in [5, 5.41) is 3.51. The Hall–Kier alpha value is -1.71. The molecule has 4 nitrogen and oxygen atoms in total. The number of nitrogens with zero attached hydrogens (tertiary/aromatic N) is 1. The smallest absolute Gasteiger partial charge is 0.414 e. The molecule has 1 aromatic carbocycles. The van der Waals surface area contributed by atoms with Crippen molar-refractivity contribution >= 4 is 17.5 Å². The van der Waals surface area contributed by atoms with E-state index in [1.807, 2.05) is 26.8 Å². The van der Waals surface area contributed by atoms with Gasteiger partial charge in [0.25, 0.3) is 0 Å². The lowest BCUT2D eigenvalue weighted by Crippen LogP contribution is -2.39. The largest absolute Gasteiger partial charge is 0.443 e. The van der Waals surface area contributed by atoms with E-state index in [-0.39, 0.29) is 6.09 Å². The van der Waals surface area contributed by atoms with Crippen LogP contribution in [0.4, 0.5) is 16.2 Å². The van der Waals surface area contributed by atoms with Crippen LogP contribution in [0.25, 0.3) is 0 Å². The Kier molecular flexibility index (Phi) is 3.56. The molecular weight excluding hydrogens is 264 g/mol. The Labute approximate surface area is 126 Å². The highest BCUT2D eigenvalue weighted by molar-refractivity contribution is 5.90. The molecule has 0 saturated heterocycles. The molecule has 0 aromatic heterocycles. The van der Waals surface area contributed by atoms with Gasteiger partial charge < -0.3 is 10.1 Å². The van der Waals surface area contributed by atoms with Crippen LogP contribution in [0.3, 0.4) is 0 Å². The summed E-state index contributed by atoms with van der Waals surface area (Å²) in [6, 6.07) is 6.95. The molecule has 3 rings (SSSR count). The van der Waals surface area contributed by atoms with E-state index in [9.17, 15) is 4.79 Å². The van der Waals surface area contributed by atoms with E-state index in [0.29, 0.717) is 6.04 Å². The molecule has 1 aromatic rings. The Bertz CT molecular complexity index is 544. The number of carbonyl (C=O) groups is 1. The molecule has 0 spiro atoms. The van der Waals surface area contributed by atoms with Gasteiger partial charge in [-0.05, 0) is 70.2 Å². The van der Waals surface area contributed by atoms with Crippen molar-refractivity contribution in [3.63, 3.8) is 0 Å². The molecule has 1 aliphatic heterocycles. The first-order valence-corrected chi connectivity index (χ1v) is 7.82. The number of nitrogens with one attached hydrogen (secondary N) is 1. The molecule has 1 amide bonds. The van der Waals surface area contributed by atoms with E-state index in [1.54, 1.807) is 4.90 Å². The third kappa shape index (κ3) is 3.49. The molecule has 1 aliphatic carbocycles. The lowest BCUT2D eigenvalue weighted by atomic mass is 10.0. The Morgan fingerprint density at radius 1 is 1.33 bits per heavy atom. The van der Waals surface area contributed by atoms with Gasteiger partial charge in [0.1, 0.15) is 5.60 Å². The zero-order chi connectivity index (χ0) is 15.0. The fourth-order valence-corrected chi connectivity index (χ4v) is 2.66. The van der Waals surface area contributed by atoms with Gasteiger partial charge in [0, 0.05) is 18.3 Å². The first-order valence-electron chi connectivity index (χ1n) is 7.82. The Morgan fingerprint density at radius 3 is 2.76 bits per heavy atom. The maximum atomic E-state index is 12.3. The van der Waals surface area contributed by atoms with Crippen molar-refractivity contribution < 1.29 is 9.53 Å². The van der Waals surface area contributed by atoms with Gasteiger partial charge in [-0.3, -0.25) is 4.90 Å². The summed E-state index contributed by atoms with van der Waals surface area (Å²) < 4.78 is 5.51. The first kappa shape index (κ1) is 14.2. The number of benzene rings is 1. The summed E-state index contributed by atoms with van der Waals surface area (Å²) in [5.41, 5.74) is 2.94. The van der Waals surface area contributed by atoms with Gasteiger partial charge in [-0.1, -0.05) is 0 Å². The van der Waals surface area contributed by atoms with Crippen molar-refractivity contribution in [1.29, 1.82) is 0 Å². The molecule has 2 aliphatic rings. The van der Waals surface area contributed by atoms with Crippen LogP contribution in [0.2, 0.25) is 0 Å². The van der Waals surface area contributed by atoms with Crippen molar-refractivity contribution in [1.82, 2.24) is 0 Å². The summed E-state index contributed by atoms with van der Waals surface area (Å²) in [5.74, 6) is 0. The lowest BCUT2D eigenvalue weighted by molar-refractivity contribution is 0.0578. The van der Waals surface area contributed by atoms with Crippen LogP contribution in [0.5, 0.6) is 0 Å². The molecule has 1 heterocycles. The van der Waals surface area contributed by atoms with E-state index in [2.05, 4.69) is 17.4 Å². The van der Waals surface area contributed by atoms with E-state index in [0.717, 1.165) is 25.1 Å². The van der Waals surface area contributed by atoms with E-state index >= 15 is 0 Å². The second kappa shape index (κ2) is 5.24. The van der Waals surface area contributed by atoms with Crippen molar-refractivity contribution in [2.75, 3.05) is 16.8 Å². The Morgan fingerprint density at radius 2 is 2.10 bits per heavy atom. The maximum absolute atomic E-state index is 12.3. The van der Waals surface area contributed by atoms with Gasteiger partial charge in [0.2, 0.25) is 0 Å². The predicted octanol–water partition coefficient (Wildman–Crippen LogP) is 3.95. The number of hydrogen-bond donors (Lipinski definition) is 1. The maximum Gasteiger partial charge on any atom is 0.414 e. The van der Waals surface area contributed by atoms with E-state index in [1.165, 1.54) is 24.1 Å². The van der Waals surface area contributed by atoms with Gasteiger partial charge >= 0.3 is 6.09 Å². The van der Waals surface area contributed by atoms with E-state index in [4.69, 9.17) is 4.74 Å². The predicted molar refractivity (Wildman–Crippen MR) is 85.0 cm³/mol. The number of carbonyl (C=O) groups excluding carboxylic acids is 1. The number of rotatable bonds is 2. The summed E-state index contributed by atoms with van der Waals surface area (Å²) in [4.78, 5) is 14.1. The highest BCUT2D eigenvalue weighted by Gasteiger charge is 2.28. The van der Waals surface area contributed by atoms with Crippen molar-refractivity contribution in [2.45, 2.75) is 58.1 Å². The highest BCUT2D eigenvalue weighted by atomic mass is 16.6. The second-order valence-electron chi connectivity index (χ2n) is 7.00. The van der Waals surface area contributed by atoms with Gasteiger partial charge in [-0.25, -0.2) is 4.79 Å². The average Bonchev–Trinajstić information content (AvgIpc) is 3.19. The molecule has 114 valence electrons. The molecule has 0 unspecified atom stereocenters. The minimum atomic E-state index is -0.456. The number of anilines is 2. The molecule has 21 heavy (non-hydrogen) atoms. The molecule has 1 fully saturated rings. The molecule has 4 heteroatoms. The molecule has 0 radical (unpaired) electrons. The minimum absolute atomic E-state index is 0.244. The number of amides is 1. The summed E-state index contributed by atoms with van der Waals surface area (Å²) in [6.07, 6.45) is 4.29. The van der Waals surface area contributed by atoms with Crippen LogP contribution in [0.15, 0.2) is 18.2 Å². The number of aryl methyl sites for hydroxylation is 1. The monoisotopic (exact) mass is 288 g/mol. The first-order chi connectivity index (χ1) is 9.92. The summed E-state index contributed by atoms with van der Waals surface area (Å²) in [7, 11) is 0. The fourth-order valence-electron chi connectivity index (χ4n) is 2.66. The highest BCUT2D eigenvalue weighted by Crippen LogP contribution is 2.32. The molecular formula is C17H24N2O2. The topological polar surface area (TPSA) is 41.6 Å². The fraction of sp³-hybridized carbons (Fsp3) is 0.588. The third-order valence-corrected chi connectivity index (χ3v) is 3.76. The van der Waals surface area contributed by atoms with Gasteiger partial charge in [0.05, 0.1) is 5.69 Å². The van der Waals surface area contributed by atoms with Crippen LogP contribution in [0.1, 0.15) is 45.6 Å². The number of fused-ring (bicyclic) bond motifs is 1. The van der Waals surface area contributed by atoms with Gasteiger partial charge in [-0.15, -0.1) is 0 Å². The molecule has 0 bridgehead atoms. The quantitative estimate of drug-likeness (QED) is 0.896. The average molecular weight is 288 g/mol. The van der Waals surface area contributed by atoms with Crippen LogP contribution < -0.4 is 10.2 Å². The molecule has 0 atom stereocenters. The normalized spacial score (nSPS) is 18.1. The Balaban J connectivity index is 1.79. The van der Waals surface area contributed by atoms with Crippen LogP contribution in [0, 0.1) is 0 Å². The number of hydrogen-bond acceptors (Lipinski definition) is 3. The minimum Gasteiger partial charge on any atom is -0.443 e. The van der Waals surface area contributed by atoms with Gasteiger partial charge in [0.15, 0.2) is 0 Å². The SMILES string of the molecule is CC(C)(C)OC(=O)N1CCCc2cc(NC3CC3)ccc21.